The number of benzene rings is 3. The Morgan fingerprint density at radius 2 is 1.48 bits per heavy atom. The first-order valence-corrected chi connectivity index (χ1v) is 14.2. The van der Waals surface area contributed by atoms with Crippen molar-refractivity contribution in [2.75, 3.05) is 31.1 Å². The lowest BCUT2D eigenvalue weighted by molar-refractivity contribution is -0.384. The van der Waals surface area contributed by atoms with E-state index in [0.717, 1.165) is 5.56 Å². The topological polar surface area (TPSA) is 128 Å². The van der Waals surface area contributed by atoms with Gasteiger partial charge in [-0.1, -0.05) is 60.7 Å². The standard InChI is InChI=1S/C28H27N5O6S/c34-28-27(39-20-22-7-3-1-4-8-22)26(19-29-32(28)24-9-5-2-6-10-24)30-15-17-31(18-16-30)40(37,38)21-23-11-13-25(14-12-23)33(35)36/h1-14,19H,15-18,20-21H2. The number of nitrogens with zero attached hydrogens (tertiary/aromatic N) is 5. The Morgan fingerprint density at radius 1 is 0.850 bits per heavy atom. The zero-order chi connectivity index (χ0) is 28.1. The maximum absolute atomic E-state index is 13.5. The summed E-state index contributed by atoms with van der Waals surface area (Å²) in [5, 5.41) is 15.3. The highest BCUT2D eigenvalue weighted by atomic mass is 32.2. The van der Waals surface area contributed by atoms with Crippen LogP contribution in [0.4, 0.5) is 11.4 Å². The Kier molecular flexibility index (Phi) is 7.89. The van der Waals surface area contributed by atoms with Crippen molar-refractivity contribution < 1.29 is 18.1 Å². The molecule has 40 heavy (non-hydrogen) atoms. The molecule has 206 valence electrons. The third-order valence-electron chi connectivity index (χ3n) is 6.61. The van der Waals surface area contributed by atoms with E-state index in [-0.39, 0.29) is 36.9 Å². The molecule has 0 spiro atoms. The predicted octanol–water partition coefficient (Wildman–Crippen LogP) is 3.37. The normalized spacial score (nSPS) is 14.2. The molecule has 2 heterocycles. The number of hydrogen-bond donors (Lipinski definition) is 0. The van der Waals surface area contributed by atoms with Crippen molar-refractivity contribution in [3.05, 3.63) is 123 Å². The molecular weight excluding hydrogens is 534 g/mol. The predicted molar refractivity (Wildman–Crippen MR) is 150 cm³/mol. The Bertz CT molecular complexity index is 1640. The molecule has 0 amide bonds. The Morgan fingerprint density at radius 3 is 2.10 bits per heavy atom. The number of sulfonamides is 1. The Balaban J connectivity index is 1.35. The lowest BCUT2D eigenvalue weighted by Crippen LogP contribution is -2.49. The molecule has 11 nitrogen and oxygen atoms in total. The van der Waals surface area contributed by atoms with Crippen LogP contribution in [0.15, 0.2) is 95.9 Å². The minimum Gasteiger partial charge on any atom is -0.481 e. The van der Waals surface area contributed by atoms with Gasteiger partial charge < -0.3 is 9.64 Å². The second-order valence-corrected chi connectivity index (χ2v) is 11.2. The van der Waals surface area contributed by atoms with Gasteiger partial charge in [-0.3, -0.25) is 14.9 Å². The summed E-state index contributed by atoms with van der Waals surface area (Å²) < 4.78 is 34.9. The summed E-state index contributed by atoms with van der Waals surface area (Å²) in [4.78, 5) is 25.8. The van der Waals surface area contributed by atoms with Crippen LogP contribution in [-0.4, -0.2) is 53.6 Å². The van der Waals surface area contributed by atoms with Gasteiger partial charge in [-0.2, -0.15) is 14.1 Å². The van der Waals surface area contributed by atoms with Crippen LogP contribution in [0.1, 0.15) is 11.1 Å². The van der Waals surface area contributed by atoms with Gasteiger partial charge in [0.25, 0.3) is 5.69 Å². The van der Waals surface area contributed by atoms with Crippen LogP contribution in [0.2, 0.25) is 0 Å². The molecule has 0 bridgehead atoms. The summed E-state index contributed by atoms with van der Waals surface area (Å²) in [5.74, 6) is -0.115. The molecule has 5 rings (SSSR count). The fraction of sp³-hybridized carbons (Fsp3) is 0.214. The molecule has 3 aromatic carbocycles. The fourth-order valence-corrected chi connectivity index (χ4v) is 6.01. The van der Waals surface area contributed by atoms with Crippen LogP contribution < -0.4 is 15.2 Å². The van der Waals surface area contributed by atoms with E-state index in [9.17, 15) is 23.3 Å². The number of rotatable bonds is 9. The van der Waals surface area contributed by atoms with Crippen molar-refractivity contribution >= 4 is 21.4 Å². The van der Waals surface area contributed by atoms with E-state index in [4.69, 9.17) is 4.74 Å². The first-order valence-electron chi connectivity index (χ1n) is 12.6. The summed E-state index contributed by atoms with van der Waals surface area (Å²) in [7, 11) is -3.66. The van der Waals surface area contributed by atoms with E-state index in [1.54, 1.807) is 18.3 Å². The summed E-state index contributed by atoms with van der Waals surface area (Å²) in [6, 6.07) is 24.1. The monoisotopic (exact) mass is 561 g/mol. The SMILES string of the molecule is O=c1c(OCc2ccccc2)c(N2CCN(S(=O)(=O)Cc3ccc([N+](=O)[O-])cc3)CC2)cnn1-c1ccccc1. The fourth-order valence-electron chi connectivity index (χ4n) is 4.50. The number of piperazine rings is 1. The largest absolute Gasteiger partial charge is 0.481 e. The molecule has 1 aromatic heterocycles. The minimum atomic E-state index is -3.66. The van der Waals surface area contributed by atoms with Crippen LogP contribution >= 0.6 is 0 Å². The van der Waals surface area contributed by atoms with Crippen LogP contribution in [0.5, 0.6) is 5.75 Å². The van der Waals surface area contributed by atoms with E-state index in [1.807, 2.05) is 53.4 Å². The zero-order valence-electron chi connectivity index (χ0n) is 21.5. The van der Waals surface area contributed by atoms with E-state index in [1.165, 1.54) is 33.3 Å². The van der Waals surface area contributed by atoms with Gasteiger partial charge in [0, 0.05) is 38.3 Å². The molecule has 1 aliphatic rings. The third kappa shape index (κ3) is 6.03. The third-order valence-corrected chi connectivity index (χ3v) is 8.46. The highest BCUT2D eigenvalue weighted by molar-refractivity contribution is 7.88. The van der Waals surface area contributed by atoms with Crippen molar-refractivity contribution in [3.63, 3.8) is 0 Å². The molecule has 1 aliphatic heterocycles. The van der Waals surface area contributed by atoms with E-state index in [0.29, 0.717) is 30.0 Å². The molecule has 0 saturated carbocycles. The molecule has 1 saturated heterocycles. The lowest BCUT2D eigenvalue weighted by atomic mass is 10.2. The first kappa shape index (κ1) is 27.0. The van der Waals surface area contributed by atoms with Gasteiger partial charge >= 0.3 is 5.56 Å². The molecule has 0 atom stereocenters. The van der Waals surface area contributed by atoms with E-state index in [2.05, 4.69) is 5.10 Å². The average Bonchev–Trinajstić information content (AvgIpc) is 2.97. The minimum absolute atomic E-state index is 0.0946. The van der Waals surface area contributed by atoms with Gasteiger partial charge in [-0.25, -0.2) is 8.42 Å². The Labute approximate surface area is 231 Å². The summed E-state index contributed by atoms with van der Waals surface area (Å²) in [6.45, 7) is 1.26. The highest BCUT2D eigenvalue weighted by Gasteiger charge is 2.29. The van der Waals surface area contributed by atoms with Crippen molar-refractivity contribution in [3.8, 4) is 11.4 Å². The van der Waals surface area contributed by atoms with Gasteiger partial charge in [0.2, 0.25) is 15.8 Å². The molecule has 0 N–H and O–H groups in total. The van der Waals surface area contributed by atoms with Crippen molar-refractivity contribution in [2.24, 2.45) is 0 Å². The van der Waals surface area contributed by atoms with Crippen molar-refractivity contribution in [2.45, 2.75) is 12.4 Å². The maximum Gasteiger partial charge on any atom is 0.316 e. The number of non-ortho nitro benzene ring substituents is 1. The summed E-state index contributed by atoms with van der Waals surface area (Å²) in [5.41, 5.74) is 1.97. The second kappa shape index (κ2) is 11.7. The number of aromatic nitrogens is 2. The lowest BCUT2D eigenvalue weighted by Gasteiger charge is -2.35. The van der Waals surface area contributed by atoms with Crippen LogP contribution in [0.3, 0.4) is 0 Å². The van der Waals surface area contributed by atoms with Gasteiger partial charge in [0.15, 0.2) is 0 Å². The van der Waals surface area contributed by atoms with Gasteiger partial charge in [-0.05, 0) is 23.3 Å². The maximum atomic E-state index is 13.5. The summed E-state index contributed by atoms with van der Waals surface area (Å²) in [6.07, 6.45) is 1.58. The first-order chi connectivity index (χ1) is 19.3. The molecule has 4 aromatic rings. The second-order valence-electron chi connectivity index (χ2n) is 9.25. The van der Waals surface area contributed by atoms with E-state index >= 15 is 0 Å². The van der Waals surface area contributed by atoms with E-state index < -0.39 is 20.5 Å². The smallest absolute Gasteiger partial charge is 0.316 e. The number of ether oxygens (including phenoxy) is 1. The molecule has 1 fully saturated rings. The number of nitro benzene ring substituents is 1. The molecule has 0 aliphatic carbocycles. The molecule has 0 unspecified atom stereocenters. The van der Waals surface area contributed by atoms with Crippen LogP contribution in [0, 0.1) is 10.1 Å². The molecular formula is C28H27N5O6S. The summed E-state index contributed by atoms with van der Waals surface area (Å²) >= 11 is 0. The zero-order valence-corrected chi connectivity index (χ0v) is 22.3. The molecule has 12 heteroatoms. The van der Waals surface area contributed by atoms with Gasteiger partial charge in [0.05, 0.1) is 22.6 Å². The van der Waals surface area contributed by atoms with Crippen molar-refractivity contribution in [1.82, 2.24) is 14.1 Å². The average molecular weight is 562 g/mol. The number of anilines is 1. The van der Waals surface area contributed by atoms with Gasteiger partial charge in [-0.15, -0.1) is 0 Å². The van der Waals surface area contributed by atoms with Crippen LogP contribution in [0.25, 0.3) is 5.69 Å². The highest BCUT2D eigenvalue weighted by Crippen LogP contribution is 2.27. The Hall–Kier alpha value is -4.55. The number of para-hydroxylation sites is 1. The number of hydrogen-bond acceptors (Lipinski definition) is 8. The number of nitro groups is 1. The van der Waals surface area contributed by atoms with Crippen molar-refractivity contribution in [1.29, 1.82) is 0 Å². The quantitative estimate of drug-likeness (QED) is 0.225. The van der Waals surface area contributed by atoms with Gasteiger partial charge in [0.1, 0.15) is 12.3 Å². The molecule has 0 radical (unpaired) electrons. The van der Waals surface area contributed by atoms with Crippen LogP contribution in [-0.2, 0) is 22.4 Å².